The van der Waals surface area contributed by atoms with E-state index in [1.807, 2.05) is 6.92 Å². The molecule has 0 saturated heterocycles. The molecule has 0 fully saturated rings. The topological polar surface area (TPSA) is 40.5 Å². The van der Waals surface area contributed by atoms with Gasteiger partial charge in [-0.25, -0.2) is 0 Å². The van der Waals surface area contributed by atoms with Crippen LogP contribution in [0.5, 0.6) is 0 Å². The average molecular weight is 371 g/mol. The van der Waals surface area contributed by atoms with Crippen LogP contribution in [0.15, 0.2) is 0 Å². The van der Waals surface area contributed by atoms with Crippen molar-refractivity contribution in [3.63, 3.8) is 0 Å². The van der Waals surface area contributed by atoms with E-state index in [0.29, 0.717) is 5.92 Å². The van der Waals surface area contributed by atoms with E-state index in [0.717, 1.165) is 6.42 Å². The highest BCUT2D eigenvalue weighted by Crippen LogP contribution is 2.22. The number of hydrogen-bond acceptors (Lipinski definition) is 2. The van der Waals surface area contributed by atoms with Crippen LogP contribution in [-0.4, -0.2) is 22.4 Å². The van der Waals surface area contributed by atoms with Gasteiger partial charge in [0, 0.05) is 5.92 Å². The van der Waals surface area contributed by atoms with Crippen LogP contribution in [0.1, 0.15) is 130 Å². The molecule has 0 aliphatic rings. The van der Waals surface area contributed by atoms with Gasteiger partial charge < -0.3 is 10.2 Å². The molecular formula is C24H50O2. The van der Waals surface area contributed by atoms with E-state index in [4.69, 9.17) is 0 Å². The minimum absolute atomic E-state index is 0.0265. The molecule has 0 aromatic rings. The van der Waals surface area contributed by atoms with Gasteiger partial charge in [-0.3, -0.25) is 0 Å². The first-order valence-electron chi connectivity index (χ1n) is 11.9. The molecule has 0 saturated carbocycles. The van der Waals surface area contributed by atoms with Crippen LogP contribution >= 0.6 is 0 Å². The summed E-state index contributed by atoms with van der Waals surface area (Å²) in [7, 11) is 0. The number of hydrogen-bond donors (Lipinski definition) is 2. The average Bonchev–Trinajstić information content (AvgIpc) is 2.63. The minimum atomic E-state index is -0.423. The third-order valence-corrected chi connectivity index (χ3v) is 6.15. The lowest BCUT2D eigenvalue weighted by Crippen LogP contribution is -2.32. The molecule has 2 nitrogen and oxygen atoms in total. The van der Waals surface area contributed by atoms with Crippen LogP contribution in [0.2, 0.25) is 0 Å². The van der Waals surface area contributed by atoms with Crippen molar-refractivity contribution in [1.82, 2.24) is 0 Å². The molecule has 0 aliphatic carbocycles. The van der Waals surface area contributed by atoms with Gasteiger partial charge >= 0.3 is 0 Å². The zero-order valence-corrected chi connectivity index (χ0v) is 18.5. The third-order valence-electron chi connectivity index (χ3n) is 6.15. The fourth-order valence-corrected chi connectivity index (χ4v) is 3.81. The highest BCUT2D eigenvalue weighted by molar-refractivity contribution is 4.74. The first kappa shape index (κ1) is 25.9. The van der Waals surface area contributed by atoms with Crippen LogP contribution < -0.4 is 0 Å². The van der Waals surface area contributed by atoms with Gasteiger partial charge in [0.25, 0.3) is 0 Å². The molecule has 0 rings (SSSR count). The van der Waals surface area contributed by atoms with E-state index in [2.05, 4.69) is 13.8 Å². The van der Waals surface area contributed by atoms with E-state index < -0.39 is 6.10 Å². The molecular weight excluding hydrogens is 320 g/mol. The van der Waals surface area contributed by atoms with Gasteiger partial charge in [0.15, 0.2) is 0 Å². The predicted molar refractivity (Wildman–Crippen MR) is 116 cm³/mol. The first-order valence-corrected chi connectivity index (χ1v) is 11.9. The van der Waals surface area contributed by atoms with Crippen molar-refractivity contribution in [3.05, 3.63) is 0 Å². The second-order valence-corrected chi connectivity index (χ2v) is 8.81. The Balaban J connectivity index is 3.29. The van der Waals surface area contributed by atoms with Crippen molar-refractivity contribution in [2.75, 3.05) is 0 Å². The number of unbranched alkanes of at least 4 members (excludes halogenated alkanes) is 14. The highest BCUT2D eigenvalue weighted by Gasteiger charge is 2.23. The Morgan fingerprint density at radius 2 is 0.885 bits per heavy atom. The molecule has 0 amide bonds. The Kier molecular flexibility index (Phi) is 18.2. The summed E-state index contributed by atoms with van der Waals surface area (Å²) in [5.41, 5.74) is 0. The molecule has 0 radical (unpaired) electrons. The van der Waals surface area contributed by atoms with Crippen molar-refractivity contribution < 1.29 is 10.2 Å². The fraction of sp³-hybridized carbons (Fsp3) is 1.00. The molecule has 2 heteroatoms. The van der Waals surface area contributed by atoms with Crippen molar-refractivity contribution in [2.45, 2.75) is 143 Å². The summed E-state index contributed by atoms with van der Waals surface area (Å²) >= 11 is 0. The van der Waals surface area contributed by atoms with E-state index in [-0.39, 0.29) is 12.0 Å². The molecule has 0 aliphatic heterocycles. The van der Waals surface area contributed by atoms with E-state index in [1.165, 1.54) is 96.3 Å². The number of rotatable bonds is 19. The highest BCUT2D eigenvalue weighted by atomic mass is 16.3. The third kappa shape index (κ3) is 15.0. The monoisotopic (exact) mass is 370 g/mol. The molecule has 4 unspecified atom stereocenters. The maximum atomic E-state index is 10.2. The molecule has 0 heterocycles. The molecule has 0 aromatic carbocycles. The van der Waals surface area contributed by atoms with Gasteiger partial charge in [0.1, 0.15) is 0 Å². The zero-order valence-electron chi connectivity index (χ0n) is 18.5. The summed E-state index contributed by atoms with van der Waals surface area (Å²) in [5.74, 6) is 0.267. The van der Waals surface area contributed by atoms with E-state index in [1.54, 1.807) is 6.92 Å². The molecule has 158 valence electrons. The number of aliphatic hydroxyl groups excluding tert-OH is 2. The van der Waals surface area contributed by atoms with Crippen molar-refractivity contribution in [1.29, 1.82) is 0 Å². The lowest BCUT2D eigenvalue weighted by Gasteiger charge is -2.26. The Morgan fingerprint density at radius 1 is 0.538 bits per heavy atom. The maximum absolute atomic E-state index is 10.2. The summed E-state index contributed by atoms with van der Waals surface area (Å²) in [5, 5.41) is 19.8. The largest absolute Gasteiger partial charge is 0.393 e. The van der Waals surface area contributed by atoms with E-state index >= 15 is 0 Å². The summed E-state index contributed by atoms with van der Waals surface area (Å²) in [6.07, 6.45) is 21.2. The lowest BCUT2D eigenvalue weighted by atomic mass is 9.87. The summed E-state index contributed by atoms with van der Waals surface area (Å²) < 4.78 is 0. The molecule has 26 heavy (non-hydrogen) atoms. The SMILES string of the molecule is CCCCCCCCCCCCCCCCCC(C)C(O)C(C)C(C)O. The summed E-state index contributed by atoms with van der Waals surface area (Å²) in [6.45, 7) is 8.12. The summed E-state index contributed by atoms with van der Waals surface area (Å²) in [4.78, 5) is 0. The molecule has 4 atom stereocenters. The fourth-order valence-electron chi connectivity index (χ4n) is 3.81. The van der Waals surface area contributed by atoms with Crippen LogP contribution in [-0.2, 0) is 0 Å². The van der Waals surface area contributed by atoms with Crippen molar-refractivity contribution in [3.8, 4) is 0 Å². The van der Waals surface area contributed by atoms with Crippen molar-refractivity contribution >= 4 is 0 Å². The predicted octanol–water partition coefficient (Wildman–Crippen LogP) is 7.26. The molecule has 0 aromatic heterocycles. The second kappa shape index (κ2) is 18.3. The number of aliphatic hydroxyl groups is 2. The quantitative estimate of drug-likeness (QED) is 0.235. The first-order chi connectivity index (χ1) is 12.5. The van der Waals surface area contributed by atoms with Gasteiger partial charge in [0.05, 0.1) is 12.2 Å². The minimum Gasteiger partial charge on any atom is -0.393 e. The zero-order chi connectivity index (χ0) is 19.6. The van der Waals surface area contributed by atoms with Crippen LogP contribution in [0.25, 0.3) is 0 Å². The smallest absolute Gasteiger partial charge is 0.0615 e. The molecule has 2 N–H and O–H groups in total. The van der Waals surface area contributed by atoms with Crippen molar-refractivity contribution in [2.24, 2.45) is 11.8 Å². The normalized spacial score (nSPS) is 16.4. The van der Waals surface area contributed by atoms with Crippen LogP contribution in [0, 0.1) is 11.8 Å². The standard InChI is InChI=1S/C24H50O2/c1-5-6-7-8-9-10-11-12-13-14-15-16-17-18-19-20-21(2)24(26)22(3)23(4)25/h21-26H,5-20H2,1-4H3. The van der Waals surface area contributed by atoms with Gasteiger partial charge in [-0.2, -0.15) is 0 Å². The van der Waals surface area contributed by atoms with E-state index in [9.17, 15) is 10.2 Å². The summed E-state index contributed by atoms with van der Waals surface area (Å²) in [6, 6.07) is 0. The Morgan fingerprint density at radius 3 is 1.23 bits per heavy atom. The van der Waals surface area contributed by atoms with Gasteiger partial charge in [0.2, 0.25) is 0 Å². The Hall–Kier alpha value is -0.0800. The van der Waals surface area contributed by atoms with Crippen LogP contribution in [0.3, 0.4) is 0 Å². The van der Waals surface area contributed by atoms with Gasteiger partial charge in [-0.15, -0.1) is 0 Å². The lowest BCUT2D eigenvalue weighted by molar-refractivity contribution is -0.00109. The Bertz CT molecular complexity index is 277. The molecule has 0 bridgehead atoms. The van der Waals surface area contributed by atoms with Gasteiger partial charge in [-0.1, -0.05) is 117 Å². The van der Waals surface area contributed by atoms with Crippen LogP contribution in [0.4, 0.5) is 0 Å². The molecule has 0 spiro atoms. The second-order valence-electron chi connectivity index (χ2n) is 8.81. The Labute approximate surface area is 165 Å². The van der Waals surface area contributed by atoms with Gasteiger partial charge in [-0.05, 0) is 19.3 Å². The maximum Gasteiger partial charge on any atom is 0.0615 e.